The highest BCUT2D eigenvalue weighted by Crippen LogP contribution is 2.34. The van der Waals surface area contributed by atoms with E-state index in [9.17, 15) is 4.79 Å². The number of anilines is 1. The molecule has 3 heterocycles. The molecule has 1 unspecified atom stereocenters. The zero-order valence-electron chi connectivity index (χ0n) is 17.4. The molecule has 0 aliphatic carbocycles. The molecule has 0 spiro atoms. The van der Waals surface area contributed by atoms with Crippen LogP contribution in [0, 0.1) is 20.8 Å². The van der Waals surface area contributed by atoms with Crippen LogP contribution in [0.5, 0.6) is 5.75 Å². The average Bonchev–Trinajstić information content (AvgIpc) is 3.35. The number of ether oxygens (including phenoxy) is 2. The number of rotatable bonds is 7. The summed E-state index contributed by atoms with van der Waals surface area (Å²) in [7, 11) is 0. The van der Waals surface area contributed by atoms with Crippen LogP contribution in [-0.2, 0) is 9.53 Å². The van der Waals surface area contributed by atoms with Gasteiger partial charge in [-0.1, -0.05) is 17.8 Å². The standard InChI is InChI=1S/C22H25N3O3S2/c1-13-6-7-17(18(9-13)28-10-16-5-4-8-27-16)25-19(26)11-29-21-20-14(2)15(3)30-22(20)24-12-23-21/h6-7,9,12,16H,4-5,8,10-11H2,1-3H3,(H,25,26). The van der Waals surface area contributed by atoms with Crippen LogP contribution < -0.4 is 10.1 Å². The van der Waals surface area contributed by atoms with Gasteiger partial charge in [-0.15, -0.1) is 11.3 Å². The van der Waals surface area contributed by atoms with E-state index in [1.54, 1.807) is 17.7 Å². The number of carbonyl (C=O) groups excluding carboxylic acids is 1. The highest BCUT2D eigenvalue weighted by atomic mass is 32.2. The van der Waals surface area contributed by atoms with Gasteiger partial charge in [0.25, 0.3) is 0 Å². The SMILES string of the molecule is Cc1ccc(NC(=O)CSc2ncnc3sc(C)c(C)c23)c(OCC2CCCO2)c1. The number of fused-ring (bicyclic) bond motifs is 1. The average molecular weight is 444 g/mol. The number of carbonyl (C=O) groups is 1. The summed E-state index contributed by atoms with van der Waals surface area (Å²) in [4.78, 5) is 23.6. The van der Waals surface area contributed by atoms with Gasteiger partial charge in [-0.3, -0.25) is 4.79 Å². The fraction of sp³-hybridized carbons (Fsp3) is 0.409. The molecule has 1 fully saturated rings. The van der Waals surface area contributed by atoms with Gasteiger partial charge in [-0.25, -0.2) is 9.97 Å². The van der Waals surface area contributed by atoms with Crippen LogP contribution in [0.2, 0.25) is 0 Å². The third kappa shape index (κ3) is 4.77. The molecular formula is C22H25N3O3S2. The largest absolute Gasteiger partial charge is 0.489 e. The van der Waals surface area contributed by atoms with E-state index in [-0.39, 0.29) is 17.8 Å². The summed E-state index contributed by atoms with van der Waals surface area (Å²) in [6.07, 6.45) is 3.78. The van der Waals surface area contributed by atoms with Crippen molar-refractivity contribution in [3.8, 4) is 5.75 Å². The number of thioether (sulfide) groups is 1. The number of nitrogens with zero attached hydrogens (tertiary/aromatic N) is 2. The molecule has 1 saturated heterocycles. The summed E-state index contributed by atoms with van der Waals surface area (Å²) in [5.74, 6) is 0.847. The van der Waals surface area contributed by atoms with E-state index in [0.29, 0.717) is 18.0 Å². The van der Waals surface area contributed by atoms with Crippen LogP contribution in [0.1, 0.15) is 28.8 Å². The minimum absolute atomic E-state index is 0.0952. The molecule has 0 saturated carbocycles. The Labute approximate surface area is 184 Å². The second-order valence-electron chi connectivity index (χ2n) is 7.42. The van der Waals surface area contributed by atoms with E-state index in [2.05, 4.69) is 29.1 Å². The maximum atomic E-state index is 12.7. The van der Waals surface area contributed by atoms with Gasteiger partial charge in [0.1, 0.15) is 28.5 Å². The molecule has 8 heteroatoms. The molecule has 1 atom stereocenters. The van der Waals surface area contributed by atoms with Crippen molar-refractivity contribution in [2.45, 2.75) is 44.7 Å². The first-order chi connectivity index (χ1) is 14.5. The van der Waals surface area contributed by atoms with Gasteiger partial charge < -0.3 is 14.8 Å². The summed E-state index contributed by atoms with van der Waals surface area (Å²) in [6, 6.07) is 5.80. The summed E-state index contributed by atoms with van der Waals surface area (Å²) in [5.41, 5.74) is 2.94. The van der Waals surface area contributed by atoms with Crippen molar-refractivity contribution in [3.05, 3.63) is 40.5 Å². The van der Waals surface area contributed by atoms with Gasteiger partial charge in [0.2, 0.25) is 5.91 Å². The van der Waals surface area contributed by atoms with Crippen molar-refractivity contribution in [2.24, 2.45) is 0 Å². The number of aromatic nitrogens is 2. The molecule has 1 amide bonds. The van der Waals surface area contributed by atoms with Crippen LogP contribution in [-0.4, -0.2) is 40.9 Å². The van der Waals surface area contributed by atoms with Crippen molar-refractivity contribution in [2.75, 3.05) is 24.3 Å². The first-order valence-corrected chi connectivity index (χ1v) is 11.8. The lowest BCUT2D eigenvalue weighted by Gasteiger charge is -2.16. The van der Waals surface area contributed by atoms with E-state index >= 15 is 0 Å². The highest BCUT2D eigenvalue weighted by Gasteiger charge is 2.18. The second kappa shape index (κ2) is 9.32. The topological polar surface area (TPSA) is 73.3 Å². The minimum atomic E-state index is -0.0952. The van der Waals surface area contributed by atoms with Gasteiger partial charge in [-0.05, 0) is 56.9 Å². The Morgan fingerprint density at radius 3 is 3.00 bits per heavy atom. The quantitative estimate of drug-likeness (QED) is 0.413. The van der Waals surface area contributed by atoms with Crippen LogP contribution >= 0.6 is 23.1 Å². The number of hydrogen-bond acceptors (Lipinski definition) is 7. The lowest BCUT2D eigenvalue weighted by atomic mass is 10.2. The van der Waals surface area contributed by atoms with Crippen molar-refractivity contribution < 1.29 is 14.3 Å². The lowest BCUT2D eigenvalue weighted by Crippen LogP contribution is -2.19. The number of aryl methyl sites for hydroxylation is 3. The number of nitrogens with one attached hydrogen (secondary N) is 1. The molecule has 4 rings (SSSR count). The lowest BCUT2D eigenvalue weighted by molar-refractivity contribution is -0.113. The van der Waals surface area contributed by atoms with Gasteiger partial charge in [-0.2, -0.15) is 0 Å². The van der Waals surface area contributed by atoms with Gasteiger partial charge in [0.15, 0.2) is 0 Å². The fourth-order valence-corrected chi connectivity index (χ4v) is 5.31. The summed E-state index contributed by atoms with van der Waals surface area (Å²) in [5, 5.41) is 4.88. The van der Waals surface area contributed by atoms with Gasteiger partial charge >= 0.3 is 0 Å². The summed E-state index contributed by atoms with van der Waals surface area (Å²) >= 11 is 3.09. The van der Waals surface area contributed by atoms with Crippen molar-refractivity contribution >= 4 is 44.9 Å². The first kappa shape index (κ1) is 21.1. The number of benzene rings is 1. The Morgan fingerprint density at radius 2 is 2.20 bits per heavy atom. The van der Waals surface area contributed by atoms with Crippen LogP contribution in [0.25, 0.3) is 10.2 Å². The molecule has 6 nitrogen and oxygen atoms in total. The van der Waals surface area contributed by atoms with E-state index in [0.717, 1.165) is 40.3 Å². The van der Waals surface area contributed by atoms with Crippen LogP contribution in [0.15, 0.2) is 29.6 Å². The van der Waals surface area contributed by atoms with E-state index in [1.807, 2.05) is 25.1 Å². The highest BCUT2D eigenvalue weighted by molar-refractivity contribution is 8.00. The molecule has 1 aliphatic heterocycles. The monoisotopic (exact) mass is 443 g/mol. The fourth-order valence-electron chi connectivity index (χ4n) is 3.39. The van der Waals surface area contributed by atoms with Crippen molar-refractivity contribution in [1.29, 1.82) is 0 Å². The normalized spacial score (nSPS) is 16.2. The molecular weight excluding hydrogens is 418 g/mol. The smallest absolute Gasteiger partial charge is 0.234 e. The Morgan fingerprint density at radius 1 is 1.33 bits per heavy atom. The molecule has 158 valence electrons. The molecule has 1 aromatic carbocycles. The Hall–Kier alpha value is -2.16. The third-order valence-corrected chi connectivity index (χ3v) is 7.24. The number of hydrogen-bond donors (Lipinski definition) is 1. The van der Waals surface area contributed by atoms with E-state index in [1.165, 1.54) is 22.2 Å². The van der Waals surface area contributed by atoms with E-state index in [4.69, 9.17) is 9.47 Å². The molecule has 1 aliphatic rings. The maximum Gasteiger partial charge on any atom is 0.234 e. The van der Waals surface area contributed by atoms with Crippen LogP contribution in [0.3, 0.4) is 0 Å². The molecule has 0 bridgehead atoms. The molecule has 1 N–H and O–H groups in total. The molecule has 2 aromatic heterocycles. The predicted molar refractivity (Wildman–Crippen MR) is 122 cm³/mol. The minimum Gasteiger partial charge on any atom is -0.489 e. The number of amides is 1. The Kier molecular flexibility index (Phi) is 6.55. The Balaban J connectivity index is 1.42. The molecule has 30 heavy (non-hydrogen) atoms. The Bertz CT molecular complexity index is 1060. The van der Waals surface area contributed by atoms with E-state index < -0.39 is 0 Å². The van der Waals surface area contributed by atoms with Gasteiger partial charge in [0, 0.05) is 16.9 Å². The molecule has 3 aromatic rings. The van der Waals surface area contributed by atoms with Crippen LogP contribution in [0.4, 0.5) is 5.69 Å². The summed E-state index contributed by atoms with van der Waals surface area (Å²) < 4.78 is 11.6. The zero-order valence-corrected chi connectivity index (χ0v) is 19.0. The predicted octanol–water partition coefficient (Wildman–Crippen LogP) is 4.91. The van der Waals surface area contributed by atoms with Crippen molar-refractivity contribution in [1.82, 2.24) is 9.97 Å². The van der Waals surface area contributed by atoms with Crippen molar-refractivity contribution in [3.63, 3.8) is 0 Å². The first-order valence-electron chi connectivity index (χ1n) is 9.99. The summed E-state index contributed by atoms with van der Waals surface area (Å²) in [6.45, 7) is 7.45. The maximum absolute atomic E-state index is 12.7. The second-order valence-corrected chi connectivity index (χ2v) is 9.59. The molecule has 0 radical (unpaired) electrons. The number of thiophene rings is 1. The van der Waals surface area contributed by atoms with Gasteiger partial charge in [0.05, 0.1) is 17.5 Å². The third-order valence-electron chi connectivity index (χ3n) is 5.13. The zero-order chi connectivity index (χ0) is 21.1.